The number of halogens is 3. The molecule has 8 heteroatoms. The molecule has 2 aliphatic carbocycles. The van der Waals surface area contributed by atoms with Gasteiger partial charge in [0.15, 0.2) is 0 Å². The molecule has 0 N–H and O–H groups in total. The minimum atomic E-state index is -2.46. The molecule has 0 radical (unpaired) electrons. The first-order valence-electron chi connectivity index (χ1n) is 9.22. The van der Waals surface area contributed by atoms with Crippen LogP contribution in [0.25, 0.3) is 0 Å². The second-order valence-electron chi connectivity index (χ2n) is 8.76. The third-order valence-electron chi connectivity index (χ3n) is 5.45. The molecule has 148 valence electrons. The molecule has 26 heavy (non-hydrogen) atoms. The summed E-state index contributed by atoms with van der Waals surface area (Å²) in [7, 11) is -1.41. The summed E-state index contributed by atoms with van der Waals surface area (Å²) in [5, 5.41) is 4.60. The van der Waals surface area contributed by atoms with E-state index in [1.165, 1.54) is 5.69 Å². The highest BCUT2D eigenvalue weighted by Crippen LogP contribution is 2.64. The van der Waals surface area contributed by atoms with Gasteiger partial charge in [0.05, 0.1) is 11.3 Å². The molecule has 3 unspecified atom stereocenters. The zero-order valence-corrected chi connectivity index (χ0v) is 18.9. The fraction of sp³-hybridized carbons (Fsp3) is 0.833. The molecule has 4 nitrogen and oxygen atoms in total. The van der Waals surface area contributed by atoms with Crippen molar-refractivity contribution in [3.8, 4) is 0 Å². The maximum Gasteiger partial charge on any atom is 0.252 e. The van der Waals surface area contributed by atoms with Gasteiger partial charge in [0.25, 0.3) is 6.43 Å². The number of rotatable bonds is 6. The SMILES string of the molecule is CC(C)n1nc(I)cc1C1[C@H]2CC(N(CC(F)F)S(=O)C(C)(C)C)C[C@@H]12. The van der Waals surface area contributed by atoms with Gasteiger partial charge in [-0.05, 0) is 88.0 Å². The van der Waals surface area contributed by atoms with Gasteiger partial charge in [0, 0.05) is 23.7 Å². The molecule has 3 rings (SSSR count). The van der Waals surface area contributed by atoms with Crippen LogP contribution in [0, 0.1) is 15.5 Å². The van der Waals surface area contributed by atoms with Crippen molar-refractivity contribution in [1.82, 2.24) is 14.1 Å². The number of hydrogen-bond donors (Lipinski definition) is 0. The highest BCUT2D eigenvalue weighted by Gasteiger charge is 2.59. The smallest absolute Gasteiger partial charge is 0.252 e. The van der Waals surface area contributed by atoms with Crippen molar-refractivity contribution in [1.29, 1.82) is 0 Å². The van der Waals surface area contributed by atoms with Crippen molar-refractivity contribution in [3.63, 3.8) is 0 Å². The lowest BCUT2D eigenvalue weighted by atomic mass is 10.0. The van der Waals surface area contributed by atoms with E-state index in [2.05, 4.69) is 52.3 Å². The van der Waals surface area contributed by atoms with Gasteiger partial charge in [0.1, 0.15) is 14.7 Å². The standard InChI is InChI=1S/C18H28F2IN3OS/c1-10(2)24-14(8-16(21)22-24)17-12-6-11(7-13(12)17)23(9-15(19)20)26(25)18(3,4)5/h8,10-13,15,17H,6-7,9H2,1-5H3/t11?,12-,13+,17?,26?. The van der Waals surface area contributed by atoms with Crippen LogP contribution in [0.5, 0.6) is 0 Å². The highest BCUT2D eigenvalue weighted by atomic mass is 127. The van der Waals surface area contributed by atoms with E-state index in [9.17, 15) is 13.0 Å². The number of alkyl halides is 2. The summed E-state index contributed by atoms with van der Waals surface area (Å²) in [6.45, 7) is 9.41. The molecule has 1 heterocycles. The molecule has 0 saturated heterocycles. The van der Waals surface area contributed by atoms with E-state index >= 15 is 0 Å². The monoisotopic (exact) mass is 499 g/mol. The van der Waals surface area contributed by atoms with E-state index in [1.54, 1.807) is 4.31 Å². The number of fused-ring (bicyclic) bond motifs is 1. The van der Waals surface area contributed by atoms with E-state index in [0.717, 1.165) is 16.5 Å². The number of nitrogens with zero attached hydrogens (tertiary/aromatic N) is 3. The first-order valence-corrected chi connectivity index (χ1v) is 11.4. The van der Waals surface area contributed by atoms with Crippen molar-refractivity contribution < 1.29 is 13.0 Å². The molecule has 5 atom stereocenters. The average Bonchev–Trinajstić information content (AvgIpc) is 2.85. The minimum absolute atomic E-state index is 0.00944. The maximum absolute atomic E-state index is 13.1. The summed E-state index contributed by atoms with van der Waals surface area (Å²) >= 11 is 2.25. The van der Waals surface area contributed by atoms with Gasteiger partial charge in [-0.25, -0.2) is 17.3 Å². The minimum Gasteiger partial charge on any atom is -0.266 e. The van der Waals surface area contributed by atoms with Crippen molar-refractivity contribution in [2.75, 3.05) is 6.54 Å². The zero-order valence-electron chi connectivity index (χ0n) is 16.0. The highest BCUT2D eigenvalue weighted by molar-refractivity contribution is 14.1. The lowest BCUT2D eigenvalue weighted by molar-refractivity contribution is 0.106. The van der Waals surface area contributed by atoms with Crippen molar-refractivity contribution in [2.45, 2.75) is 76.6 Å². The molecule has 2 aliphatic rings. The summed E-state index contributed by atoms with van der Waals surface area (Å²) in [5.41, 5.74) is 1.27. The Kier molecular flexibility index (Phi) is 5.86. The Balaban J connectivity index is 1.72. The van der Waals surface area contributed by atoms with Gasteiger partial charge < -0.3 is 0 Å². The Morgan fingerprint density at radius 1 is 1.35 bits per heavy atom. The maximum atomic E-state index is 13.1. The van der Waals surface area contributed by atoms with Gasteiger partial charge >= 0.3 is 0 Å². The Labute approximate surface area is 170 Å². The average molecular weight is 499 g/mol. The molecule has 0 amide bonds. The summed E-state index contributed by atoms with van der Waals surface area (Å²) in [6, 6.07) is 2.46. The van der Waals surface area contributed by atoms with Gasteiger partial charge in [-0.2, -0.15) is 5.10 Å². The van der Waals surface area contributed by atoms with E-state index in [0.29, 0.717) is 23.8 Å². The first kappa shape index (κ1) is 20.6. The van der Waals surface area contributed by atoms with E-state index in [1.807, 2.05) is 20.8 Å². The third-order valence-corrected chi connectivity index (χ3v) is 7.90. The largest absolute Gasteiger partial charge is 0.266 e. The molecule has 0 spiro atoms. The Hall–Kier alpha value is -0.0900. The predicted octanol–water partition coefficient (Wildman–Crippen LogP) is 4.59. The topological polar surface area (TPSA) is 38.1 Å². The van der Waals surface area contributed by atoms with Crippen molar-refractivity contribution in [2.24, 2.45) is 11.8 Å². The predicted molar refractivity (Wildman–Crippen MR) is 109 cm³/mol. The summed E-state index contributed by atoms with van der Waals surface area (Å²) in [5.74, 6) is 1.48. The quantitative estimate of drug-likeness (QED) is 0.538. The van der Waals surface area contributed by atoms with Crippen LogP contribution < -0.4 is 0 Å². The lowest BCUT2D eigenvalue weighted by Gasteiger charge is -2.34. The Morgan fingerprint density at radius 3 is 2.38 bits per heavy atom. The van der Waals surface area contributed by atoms with Crippen LogP contribution in [0.15, 0.2) is 6.07 Å². The fourth-order valence-electron chi connectivity index (χ4n) is 4.37. The first-order chi connectivity index (χ1) is 12.0. The van der Waals surface area contributed by atoms with E-state index in [-0.39, 0.29) is 6.04 Å². The molecule has 0 bridgehead atoms. The van der Waals surface area contributed by atoms with Gasteiger partial charge in [-0.15, -0.1) is 0 Å². The van der Waals surface area contributed by atoms with Crippen LogP contribution in [0.2, 0.25) is 0 Å². The molecule has 2 fully saturated rings. The molecule has 2 saturated carbocycles. The van der Waals surface area contributed by atoms with Crippen LogP contribution in [0.3, 0.4) is 0 Å². The van der Waals surface area contributed by atoms with Crippen LogP contribution in [-0.4, -0.2) is 42.1 Å². The molecule has 1 aromatic heterocycles. The second-order valence-corrected chi connectivity index (χ2v) is 12.1. The number of hydrogen-bond acceptors (Lipinski definition) is 2. The summed E-state index contributed by atoms with van der Waals surface area (Å²) in [6.07, 6.45) is -0.758. The summed E-state index contributed by atoms with van der Waals surface area (Å²) < 4.78 is 43.1. The Morgan fingerprint density at radius 2 is 1.92 bits per heavy atom. The fourth-order valence-corrected chi connectivity index (χ4v) is 6.31. The zero-order chi connectivity index (χ0) is 19.4. The van der Waals surface area contributed by atoms with Gasteiger partial charge in [-0.3, -0.25) is 4.68 Å². The van der Waals surface area contributed by atoms with Crippen molar-refractivity contribution in [3.05, 3.63) is 15.5 Å². The lowest BCUT2D eigenvalue weighted by Crippen LogP contribution is -2.45. The van der Waals surface area contributed by atoms with Crippen LogP contribution in [-0.2, 0) is 11.0 Å². The van der Waals surface area contributed by atoms with Gasteiger partial charge in [-0.1, -0.05) is 0 Å². The number of aromatic nitrogens is 2. The van der Waals surface area contributed by atoms with Gasteiger partial charge in [0.2, 0.25) is 0 Å². The Bertz CT molecular complexity index is 676. The van der Waals surface area contributed by atoms with Crippen LogP contribution in [0.1, 0.15) is 65.1 Å². The molecular weight excluding hydrogens is 471 g/mol. The molecule has 0 aliphatic heterocycles. The normalized spacial score (nSPS) is 29.7. The van der Waals surface area contributed by atoms with E-state index in [4.69, 9.17) is 0 Å². The van der Waals surface area contributed by atoms with E-state index < -0.39 is 28.7 Å². The van der Waals surface area contributed by atoms with Crippen molar-refractivity contribution >= 4 is 33.6 Å². The van der Waals surface area contributed by atoms with Crippen LogP contribution >= 0.6 is 22.6 Å². The second kappa shape index (κ2) is 7.39. The van der Waals surface area contributed by atoms with Crippen LogP contribution in [0.4, 0.5) is 8.78 Å². The molecular formula is C18H28F2IN3OS. The third kappa shape index (κ3) is 4.01. The molecule has 0 aromatic carbocycles. The molecule has 1 aromatic rings. The summed E-state index contributed by atoms with van der Waals surface area (Å²) in [4.78, 5) is 0.